The van der Waals surface area contributed by atoms with E-state index in [1.54, 1.807) is 59.7 Å². The van der Waals surface area contributed by atoms with Crippen LogP contribution in [0.15, 0.2) is 66.7 Å². The van der Waals surface area contributed by atoms with E-state index in [0.29, 0.717) is 24.4 Å². The number of alkyl carbamates (subject to hydrolysis) is 1. The van der Waals surface area contributed by atoms with E-state index < -0.39 is 108 Å². The Morgan fingerprint density at radius 1 is 0.743 bits per heavy atom. The number of aromatic nitrogens is 1. The molecule has 404 valence electrons. The van der Waals surface area contributed by atoms with Gasteiger partial charge in [-0.2, -0.15) is 0 Å². The molecule has 1 saturated heterocycles. The van der Waals surface area contributed by atoms with Crippen LogP contribution in [0.3, 0.4) is 0 Å². The summed E-state index contributed by atoms with van der Waals surface area (Å²) in [6, 6.07) is 13.8. The van der Waals surface area contributed by atoms with Crippen LogP contribution in [0, 0.1) is 11.8 Å². The number of nitrogens with two attached hydrogens (primary N) is 1. The van der Waals surface area contributed by atoms with Gasteiger partial charge in [-0.15, -0.1) is 0 Å². The molecule has 1 saturated carbocycles. The lowest BCUT2D eigenvalue weighted by atomic mass is 9.72. The van der Waals surface area contributed by atoms with Gasteiger partial charge in [0.15, 0.2) is 0 Å². The van der Waals surface area contributed by atoms with Crippen molar-refractivity contribution in [1.82, 2.24) is 36.5 Å². The number of pyridine rings is 1. The summed E-state index contributed by atoms with van der Waals surface area (Å²) < 4.78 is 17.3. The molecule has 8 atom stereocenters. The smallest absolute Gasteiger partial charge is 0.408 e. The molecule has 0 radical (unpaired) electrons. The molecule has 1 aromatic heterocycles. The number of piperidine rings is 1. The summed E-state index contributed by atoms with van der Waals surface area (Å²) in [7, 11) is 0. The van der Waals surface area contributed by atoms with Crippen molar-refractivity contribution in [2.75, 3.05) is 13.1 Å². The molecule has 2 aromatic carbocycles. The summed E-state index contributed by atoms with van der Waals surface area (Å²) >= 11 is 0. The first-order valence-corrected chi connectivity index (χ1v) is 25.7. The van der Waals surface area contributed by atoms with Crippen LogP contribution in [-0.2, 0) is 49.4 Å². The second-order valence-corrected chi connectivity index (χ2v) is 22.7. The van der Waals surface area contributed by atoms with Gasteiger partial charge in [0.05, 0.1) is 24.0 Å². The lowest BCUT2D eigenvalue weighted by Gasteiger charge is -2.47. The number of nitrogens with one attached hydrogen (secondary N) is 5. The highest BCUT2D eigenvalue weighted by Gasteiger charge is 2.43. The summed E-state index contributed by atoms with van der Waals surface area (Å²) in [5, 5.41) is 14.7. The molecular formula is C55H78N8O11. The van der Waals surface area contributed by atoms with Crippen LogP contribution in [-0.4, -0.2) is 124 Å². The Hall–Kier alpha value is -6.63. The van der Waals surface area contributed by atoms with Gasteiger partial charge in [0, 0.05) is 30.4 Å². The van der Waals surface area contributed by atoms with Crippen molar-refractivity contribution in [1.29, 1.82) is 0 Å². The van der Waals surface area contributed by atoms with Gasteiger partial charge in [-0.05, 0) is 124 Å². The standard InChI is InChI=1S/C55H78N8O11/c1-33(51(70)73-54(5,6)7)57-47(66)40(61-52(71)74-55(8,9)10)26-27-46(65)72-44(32-63-31-37-22-15-14-21-36(37)29-43(63)50(69)62-53(2,3)4)41(28-34-18-12-11-13-19-34)59-49(68)42(30-45(56)64)60-48(67)39-25-24-35-20-16-17-23-38(35)58-39/h11-13,16-20,23-25,33,36-37,40-44H,14-15,21-22,26-32H2,1-10H3,(H2,56,64)(H,57,66)(H,59,68)(H,60,67)(H,61,71)(H,62,69)/t33-,36+,37-,40+,41+,42+,43+,44-/m1/s1. The fourth-order valence-corrected chi connectivity index (χ4v) is 9.34. The number of nitrogens with zero attached hydrogens (tertiary/aromatic N) is 2. The van der Waals surface area contributed by atoms with Crippen LogP contribution in [0.5, 0.6) is 0 Å². The fraction of sp³-hybridized carbons (Fsp3) is 0.582. The third-order valence-corrected chi connectivity index (χ3v) is 12.7. The molecule has 1 aliphatic carbocycles. The number of amides is 6. The molecule has 74 heavy (non-hydrogen) atoms. The predicted octanol–water partition coefficient (Wildman–Crippen LogP) is 5.16. The van der Waals surface area contributed by atoms with Crippen molar-refractivity contribution in [3.05, 3.63) is 78.0 Å². The Morgan fingerprint density at radius 3 is 2.03 bits per heavy atom. The Labute approximate surface area is 434 Å². The van der Waals surface area contributed by atoms with E-state index in [1.165, 1.54) is 13.0 Å². The van der Waals surface area contributed by atoms with Crippen LogP contribution < -0.4 is 32.3 Å². The number of carbonyl (C=O) groups excluding carboxylic acids is 8. The Balaban J connectivity index is 1.51. The predicted molar refractivity (Wildman–Crippen MR) is 278 cm³/mol. The number of para-hydroxylation sites is 1. The average Bonchev–Trinajstić information content (AvgIpc) is 3.30. The highest BCUT2D eigenvalue weighted by atomic mass is 16.6. The maximum absolute atomic E-state index is 14.7. The van der Waals surface area contributed by atoms with Crippen LogP contribution in [0.4, 0.5) is 4.79 Å². The zero-order valence-electron chi connectivity index (χ0n) is 44.7. The van der Waals surface area contributed by atoms with Crippen molar-refractivity contribution in [3.8, 4) is 0 Å². The minimum atomic E-state index is -1.49. The number of likely N-dealkylation sites (tertiary alicyclic amines) is 1. The van der Waals surface area contributed by atoms with Crippen LogP contribution in [0.2, 0.25) is 0 Å². The quantitative estimate of drug-likeness (QED) is 0.0632. The van der Waals surface area contributed by atoms with Gasteiger partial charge in [0.1, 0.15) is 41.1 Å². The summed E-state index contributed by atoms with van der Waals surface area (Å²) in [5.74, 6) is -4.38. The van der Waals surface area contributed by atoms with Gasteiger partial charge in [-0.3, -0.25) is 33.7 Å². The molecule has 0 unspecified atom stereocenters. The normalized spacial score (nSPS) is 19.2. The third-order valence-electron chi connectivity index (χ3n) is 12.7. The molecule has 19 nitrogen and oxygen atoms in total. The van der Waals surface area contributed by atoms with Gasteiger partial charge in [-0.25, -0.2) is 14.6 Å². The maximum atomic E-state index is 14.7. The van der Waals surface area contributed by atoms with Crippen molar-refractivity contribution in [2.24, 2.45) is 17.6 Å². The highest BCUT2D eigenvalue weighted by Crippen LogP contribution is 2.39. The Bertz CT molecular complexity index is 2470. The summed E-state index contributed by atoms with van der Waals surface area (Å²) in [6.45, 7) is 17.6. The van der Waals surface area contributed by atoms with E-state index >= 15 is 0 Å². The van der Waals surface area contributed by atoms with Gasteiger partial charge in [-0.1, -0.05) is 73.9 Å². The third kappa shape index (κ3) is 18.7. The van der Waals surface area contributed by atoms with E-state index in [2.05, 4.69) is 31.6 Å². The summed E-state index contributed by atoms with van der Waals surface area (Å²) in [4.78, 5) is 116. The second kappa shape index (κ2) is 25.5. The van der Waals surface area contributed by atoms with Crippen molar-refractivity contribution in [2.45, 2.75) is 180 Å². The Morgan fingerprint density at radius 2 is 1.38 bits per heavy atom. The van der Waals surface area contributed by atoms with Gasteiger partial charge >= 0.3 is 18.0 Å². The maximum Gasteiger partial charge on any atom is 0.408 e. The molecule has 0 bridgehead atoms. The molecule has 19 heteroatoms. The highest BCUT2D eigenvalue weighted by molar-refractivity contribution is 5.99. The van der Waals surface area contributed by atoms with Crippen molar-refractivity contribution < 1.29 is 52.6 Å². The van der Waals surface area contributed by atoms with E-state index in [1.807, 2.05) is 68.1 Å². The van der Waals surface area contributed by atoms with E-state index in [-0.39, 0.29) is 36.9 Å². The summed E-state index contributed by atoms with van der Waals surface area (Å²) in [6.07, 6.45) is 1.18. The van der Waals surface area contributed by atoms with Gasteiger partial charge in [0.25, 0.3) is 5.91 Å². The molecular weight excluding hydrogens is 949 g/mol. The van der Waals surface area contributed by atoms with Crippen LogP contribution in [0.1, 0.15) is 137 Å². The number of fused-ring (bicyclic) bond motifs is 2. The number of benzene rings is 2. The molecule has 5 rings (SSSR count). The second-order valence-electron chi connectivity index (χ2n) is 22.7. The first kappa shape index (κ1) is 58.3. The average molecular weight is 1030 g/mol. The SMILES string of the molecule is C[C@@H](NC(=O)[C@H](CCC(=O)O[C@H](CN1C[C@H]2CCCC[C@H]2C[C@H]1C(=O)NC(C)(C)C)[C@H](Cc1ccccc1)NC(=O)[C@H](CC(N)=O)NC(=O)c1ccc2ccccc2n1)NC(=O)OC(C)(C)C)C(=O)OC(C)(C)C. The number of hydrogen-bond donors (Lipinski definition) is 6. The molecule has 2 aliphatic rings. The molecule has 6 amide bonds. The summed E-state index contributed by atoms with van der Waals surface area (Å²) in [5.41, 5.74) is 4.60. The minimum Gasteiger partial charge on any atom is -0.459 e. The Kier molecular flexibility index (Phi) is 20.1. The zero-order chi connectivity index (χ0) is 54.5. The minimum absolute atomic E-state index is 0.00301. The molecule has 0 spiro atoms. The molecule has 3 aromatic rings. The first-order chi connectivity index (χ1) is 34.6. The van der Waals surface area contributed by atoms with E-state index in [9.17, 15) is 38.4 Å². The first-order valence-electron chi connectivity index (χ1n) is 25.7. The number of esters is 2. The largest absolute Gasteiger partial charge is 0.459 e. The van der Waals surface area contributed by atoms with Crippen molar-refractivity contribution in [3.63, 3.8) is 0 Å². The lowest BCUT2D eigenvalue weighted by molar-refractivity contribution is -0.158. The lowest BCUT2D eigenvalue weighted by Crippen LogP contribution is -2.61. The molecule has 7 N–H and O–H groups in total. The van der Waals surface area contributed by atoms with Crippen molar-refractivity contribution >= 4 is 58.5 Å². The number of hydrogen-bond acceptors (Lipinski definition) is 13. The fourth-order valence-electron chi connectivity index (χ4n) is 9.34. The van der Waals surface area contributed by atoms with Crippen LogP contribution in [0.25, 0.3) is 10.9 Å². The van der Waals surface area contributed by atoms with Gasteiger partial charge in [0.2, 0.25) is 23.6 Å². The molecule has 2 fully saturated rings. The van der Waals surface area contributed by atoms with E-state index in [0.717, 1.165) is 36.6 Å². The van der Waals surface area contributed by atoms with E-state index in [4.69, 9.17) is 19.9 Å². The number of ether oxygens (including phenoxy) is 3. The van der Waals surface area contributed by atoms with Gasteiger partial charge < -0.3 is 46.5 Å². The molecule has 2 heterocycles. The number of rotatable bonds is 20. The number of primary amides is 1. The van der Waals surface area contributed by atoms with Crippen LogP contribution >= 0.6 is 0 Å². The monoisotopic (exact) mass is 1030 g/mol. The number of carbonyl (C=O) groups is 8. The zero-order valence-corrected chi connectivity index (χ0v) is 44.7. The molecule has 1 aliphatic heterocycles. The topological polar surface area (TPSA) is 267 Å².